The van der Waals surface area contributed by atoms with Gasteiger partial charge in [0.1, 0.15) is 5.82 Å². The monoisotopic (exact) mass is 278 g/mol. The molecule has 1 aromatic carbocycles. The molecule has 2 heteroatoms. The smallest absolute Gasteiger partial charge is 0.123 e. The quantitative estimate of drug-likeness (QED) is 0.847. The number of halogens is 1. The maximum atomic E-state index is 13.1. The first-order valence-electron chi connectivity index (χ1n) is 7.89. The second-order valence-corrected chi connectivity index (χ2v) is 6.87. The van der Waals surface area contributed by atoms with Crippen LogP contribution in [0.25, 0.3) is 0 Å². The lowest BCUT2D eigenvalue weighted by molar-refractivity contribution is 0.0158. The van der Waals surface area contributed by atoms with Gasteiger partial charge in [0.25, 0.3) is 0 Å². The van der Waals surface area contributed by atoms with E-state index in [1.165, 1.54) is 31.4 Å². The Morgan fingerprint density at radius 1 is 1.25 bits per heavy atom. The molecule has 1 aliphatic carbocycles. The van der Waals surface area contributed by atoms with E-state index in [-0.39, 0.29) is 17.3 Å². The van der Waals surface area contributed by atoms with E-state index in [1.54, 1.807) is 12.1 Å². The van der Waals surface area contributed by atoms with Crippen molar-refractivity contribution in [2.45, 2.75) is 64.4 Å². The summed E-state index contributed by atoms with van der Waals surface area (Å²) in [5, 5.41) is 10.8. The van der Waals surface area contributed by atoms with Crippen LogP contribution in [0.1, 0.15) is 58.4 Å². The van der Waals surface area contributed by atoms with E-state index in [1.807, 2.05) is 0 Å². The van der Waals surface area contributed by atoms with E-state index < -0.39 is 0 Å². The summed E-state index contributed by atoms with van der Waals surface area (Å²) in [7, 11) is 0. The second-order valence-electron chi connectivity index (χ2n) is 6.87. The van der Waals surface area contributed by atoms with Crippen molar-refractivity contribution in [2.24, 2.45) is 11.8 Å². The van der Waals surface area contributed by atoms with Crippen LogP contribution in [0.5, 0.6) is 0 Å². The van der Waals surface area contributed by atoms with Gasteiger partial charge in [0.05, 0.1) is 6.10 Å². The summed E-state index contributed by atoms with van der Waals surface area (Å²) >= 11 is 0. The summed E-state index contributed by atoms with van der Waals surface area (Å²) in [6, 6.07) is 6.58. The highest BCUT2D eigenvalue weighted by Crippen LogP contribution is 2.39. The summed E-state index contributed by atoms with van der Waals surface area (Å²) in [6.07, 6.45) is 5.61. The average molecular weight is 278 g/mol. The maximum Gasteiger partial charge on any atom is 0.123 e. The third-order valence-corrected chi connectivity index (χ3v) is 5.17. The fraction of sp³-hybridized carbons (Fsp3) is 0.667. The summed E-state index contributed by atoms with van der Waals surface area (Å²) in [5.74, 6) is 0.906. The fourth-order valence-corrected chi connectivity index (χ4v) is 3.63. The zero-order valence-electron chi connectivity index (χ0n) is 12.9. The van der Waals surface area contributed by atoms with Crippen molar-refractivity contribution in [2.75, 3.05) is 0 Å². The Morgan fingerprint density at radius 2 is 1.90 bits per heavy atom. The molecule has 1 aromatic rings. The van der Waals surface area contributed by atoms with Crippen LogP contribution in [0.2, 0.25) is 0 Å². The molecule has 1 nitrogen and oxygen atoms in total. The lowest BCUT2D eigenvalue weighted by atomic mass is 9.68. The van der Waals surface area contributed by atoms with Gasteiger partial charge < -0.3 is 5.11 Å². The highest BCUT2D eigenvalue weighted by atomic mass is 19.1. The van der Waals surface area contributed by atoms with E-state index in [0.717, 1.165) is 24.3 Å². The van der Waals surface area contributed by atoms with Crippen molar-refractivity contribution in [1.29, 1.82) is 0 Å². The summed E-state index contributed by atoms with van der Waals surface area (Å²) in [5.41, 5.74) is 0.693. The average Bonchev–Trinajstić information content (AvgIpc) is 2.47. The van der Waals surface area contributed by atoms with Crippen LogP contribution in [-0.4, -0.2) is 11.2 Å². The summed E-state index contributed by atoms with van der Waals surface area (Å²) in [4.78, 5) is 0. The van der Waals surface area contributed by atoms with E-state index in [9.17, 15) is 9.50 Å². The zero-order valence-corrected chi connectivity index (χ0v) is 12.9. The molecule has 0 aliphatic heterocycles. The molecule has 1 N–H and O–H groups in total. The first-order valence-corrected chi connectivity index (χ1v) is 7.89. The molecule has 0 heterocycles. The number of rotatable bonds is 4. The molecule has 0 spiro atoms. The lowest BCUT2D eigenvalue weighted by Gasteiger charge is -2.40. The SMILES string of the molecule is CCC1CCCC(C(O)C(C)(C)c2ccc(F)cc2)C1. The highest BCUT2D eigenvalue weighted by molar-refractivity contribution is 5.26. The summed E-state index contributed by atoms with van der Waals surface area (Å²) < 4.78 is 13.1. The normalized spacial score (nSPS) is 25.4. The highest BCUT2D eigenvalue weighted by Gasteiger charge is 2.37. The van der Waals surface area contributed by atoms with Crippen molar-refractivity contribution in [3.63, 3.8) is 0 Å². The van der Waals surface area contributed by atoms with Gasteiger partial charge in [-0.25, -0.2) is 4.39 Å². The second kappa shape index (κ2) is 6.26. The Morgan fingerprint density at radius 3 is 2.50 bits per heavy atom. The number of hydrogen-bond donors (Lipinski definition) is 1. The van der Waals surface area contributed by atoms with Crippen molar-refractivity contribution < 1.29 is 9.50 Å². The maximum absolute atomic E-state index is 13.1. The minimum Gasteiger partial charge on any atom is -0.392 e. The van der Waals surface area contributed by atoms with Gasteiger partial charge in [-0.15, -0.1) is 0 Å². The largest absolute Gasteiger partial charge is 0.392 e. The summed E-state index contributed by atoms with van der Waals surface area (Å²) in [6.45, 7) is 6.38. The third-order valence-electron chi connectivity index (χ3n) is 5.17. The molecular weight excluding hydrogens is 251 g/mol. The predicted octanol–water partition coefficient (Wildman–Crippen LogP) is 4.68. The van der Waals surface area contributed by atoms with E-state index >= 15 is 0 Å². The molecule has 0 saturated heterocycles. The third kappa shape index (κ3) is 3.22. The molecule has 112 valence electrons. The van der Waals surface area contributed by atoms with Crippen molar-refractivity contribution in [1.82, 2.24) is 0 Å². The zero-order chi connectivity index (χ0) is 14.8. The standard InChI is InChI=1S/C18H27FO/c1-4-13-6-5-7-14(12-13)17(20)18(2,3)15-8-10-16(19)11-9-15/h8-11,13-14,17,20H,4-7,12H2,1-3H3. The van der Waals surface area contributed by atoms with Crippen LogP contribution in [0, 0.1) is 17.7 Å². The Labute approximate surface area is 122 Å². The molecule has 0 amide bonds. The van der Waals surface area contributed by atoms with Crippen LogP contribution in [-0.2, 0) is 5.41 Å². The molecule has 1 saturated carbocycles. The molecule has 0 aromatic heterocycles. The van der Waals surface area contributed by atoms with Gasteiger partial charge >= 0.3 is 0 Å². The predicted molar refractivity (Wildman–Crippen MR) is 81.2 cm³/mol. The Kier molecular flexibility index (Phi) is 4.85. The van der Waals surface area contributed by atoms with Crippen LogP contribution in [0.3, 0.4) is 0 Å². The first-order chi connectivity index (χ1) is 9.45. The molecule has 3 atom stereocenters. The number of benzene rings is 1. The van der Waals surface area contributed by atoms with Gasteiger partial charge in [-0.1, -0.05) is 52.2 Å². The lowest BCUT2D eigenvalue weighted by Crippen LogP contribution is -2.41. The Balaban J connectivity index is 2.13. The van der Waals surface area contributed by atoms with Crippen LogP contribution >= 0.6 is 0 Å². The molecule has 0 bridgehead atoms. The minimum absolute atomic E-state index is 0.220. The molecular formula is C18H27FO. The number of hydrogen-bond acceptors (Lipinski definition) is 1. The topological polar surface area (TPSA) is 20.2 Å². The van der Waals surface area contributed by atoms with Crippen molar-refractivity contribution in [3.8, 4) is 0 Å². The van der Waals surface area contributed by atoms with Gasteiger partial charge in [-0.2, -0.15) is 0 Å². The fourth-order valence-electron chi connectivity index (χ4n) is 3.63. The van der Waals surface area contributed by atoms with Gasteiger partial charge in [0.2, 0.25) is 0 Å². The van der Waals surface area contributed by atoms with Gasteiger partial charge in [0, 0.05) is 5.41 Å². The Bertz CT molecular complexity index is 424. The van der Waals surface area contributed by atoms with E-state index in [2.05, 4.69) is 20.8 Å². The molecule has 1 fully saturated rings. The number of aliphatic hydroxyl groups is 1. The van der Waals surface area contributed by atoms with Crippen molar-refractivity contribution >= 4 is 0 Å². The van der Waals surface area contributed by atoms with Crippen LogP contribution < -0.4 is 0 Å². The molecule has 0 radical (unpaired) electrons. The van der Waals surface area contributed by atoms with Gasteiger partial charge in [-0.05, 0) is 42.4 Å². The van der Waals surface area contributed by atoms with E-state index in [4.69, 9.17) is 0 Å². The van der Waals surface area contributed by atoms with E-state index in [0.29, 0.717) is 5.92 Å². The molecule has 1 aliphatic rings. The van der Waals surface area contributed by atoms with Gasteiger partial charge in [-0.3, -0.25) is 0 Å². The van der Waals surface area contributed by atoms with Crippen LogP contribution in [0.4, 0.5) is 4.39 Å². The molecule has 20 heavy (non-hydrogen) atoms. The minimum atomic E-state index is -0.359. The van der Waals surface area contributed by atoms with Crippen molar-refractivity contribution in [3.05, 3.63) is 35.6 Å². The Hall–Kier alpha value is -0.890. The molecule has 2 rings (SSSR count). The number of aliphatic hydroxyl groups excluding tert-OH is 1. The van der Waals surface area contributed by atoms with Crippen LogP contribution in [0.15, 0.2) is 24.3 Å². The first kappa shape index (κ1) is 15.5. The van der Waals surface area contributed by atoms with Gasteiger partial charge in [0.15, 0.2) is 0 Å². The molecule has 3 unspecified atom stereocenters.